The van der Waals surface area contributed by atoms with Crippen molar-refractivity contribution >= 4 is 11.0 Å². The van der Waals surface area contributed by atoms with Gasteiger partial charge in [0.2, 0.25) is 0 Å². The van der Waals surface area contributed by atoms with Gasteiger partial charge in [-0.1, -0.05) is 6.07 Å². The molecule has 1 saturated carbocycles. The van der Waals surface area contributed by atoms with Crippen LogP contribution in [0.1, 0.15) is 18.4 Å². The first-order chi connectivity index (χ1) is 8.05. The summed E-state index contributed by atoms with van der Waals surface area (Å²) in [7, 11) is 0. The third-order valence-corrected chi connectivity index (χ3v) is 3.10. The molecular formula is C12H11F3N2. The number of imidazole rings is 1. The molecule has 1 fully saturated rings. The summed E-state index contributed by atoms with van der Waals surface area (Å²) in [6, 6.07) is 4.14. The molecule has 3 rings (SSSR count). The van der Waals surface area contributed by atoms with Crippen LogP contribution in [-0.2, 0) is 12.7 Å². The van der Waals surface area contributed by atoms with E-state index in [1.54, 1.807) is 10.6 Å². The predicted molar refractivity (Wildman–Crippen MR) is 57.5 cm³/mol. The van der Waals surface area contributed by atoms with E-state index < -0.39 is 11.7 Å². The Morgan fingerprint density at radius 1 is 1.29 bits per heavy atom. The highest BCUT2D eigenvalue weighted by Crippen LogP contribution is 2.36. The number of benzene rings is 1. The van der Waals surface area contributed by atoms with Gasteiger partial charge in [-0.15, -0.1) is 0 Å². The fraction of sp³-hybridized carbons (Fsp3) is 0.417. The Morgan fingerprint density at radius 2 is 2.06 bits per heavy atom. The molecule has 0 N–H and O–H groups in total. The summed E-state index contributed by atoms with van der Waals surface area (Å²) in [5.74, 6) is 0.522. The van der Waals surface area contributed by atoms with Gasteiger partial charge in [0.05, 0.1) is 22.9 Å². The minimum Gasteiger partial charge on any atom is -0.330 e. The number of halogens is 3. The molecule has 2 aromatic rings. The average molecular weight is 240 g/mol. The van der Waals surface area contributed by atoms with Crippen LogP contribution in [0.2, 0.25) is 0 Å². The molecule has 0 unspecified atom stereocenters. The maximum atomic E-state index is 12.9. The van der Waals surface area contributed by atoms with Gasteiger partial charge in [-0.2, -0.15) is 13.2 Å². The third-order valence-electron chi connectivity index (χ3n) is 3.10. The lowest BCUT2D eigenvalue weighted by molar-refractivity contribution is -0.136. The zero-order valence-electron chi connectivity index (χ0n) is 9.04. The second-order valence-corrected chi connectivity index (χ2v) is 4.51. The molecule has 1 aromatic carbocycles. The number of alkyl halides is 3. The fourth-order valence-corrected chi connectivity index (χ4v) is 2.07. The van der Waals surface area contributed by atoms with Gasteiger partial charge in [0.15, 0.2) is 0 Å². The Labute approximate surface area is 96.1 Å². The van der Waals surface area contributed by atoms with Crippen molar-refractivity contribution in [3.63, 3.8) is 0 Å². The van der Waals surface area contributed by atoms with E-state index in [4.69, 9.17) is 0 Å². The van der Waals surface area contributed by atoms with Crippen LogP contribution in [0.3, 0.4) is 0 Å². The summed E-state index contributed by atoms with van der Waals surface area (Å²) >= 11 is 0. The molecular weight excluding hydrogens is 229 g/mol. The zero-order valence-corrected chi connectivity index (χ0v) is 9.04. The fourth-order valence-electron chi connectivity index (χ4n) is 2.07. The van der Waals surface area contributed by atoms with Gasteiger partial charge < -0.3 is 4.57 Å². The summed E-state index contributed by atoms with van der Waals surface area (Å²) < 4.78 is 40.3. The van der Waals surface area contributed by atoms with Crippen molar-refractivity contribution in [1.82, 2.24) is 9.55 Å². The molecule has 2 nitrogen and oxygen atoms in total. The highest BCUT2D eigenvalue weighted by atomic mass is 19.4. The van der Waals surface area contributed by atoms with Crippen molar-refractivity contribution in [2.75, 3.05) is 0 Å². The number of aromatic nitrogens is 2. The minimum absolute atomic E-state index is 0.215. The molecule has 1 aromatic heterocycles. The van der Waals surface area contributed by atoms with Crippen molar-refractivity contribution in [2.45, 2.75) is 25.6 Å². The molecule has 0 bridgehead atoms. The second kappa shape index (κ2) is 3.48. The van der Waals surface area contributed by atoms with Gasteiger partial charge in [0, 0.05) is 6.54 Å². The molecule has 1 aliphatic rings. The summed E-state index contributed by atoms with van der Waals surface area (Å²) in [5, 5.41) is 0. The van der Waals surface area contributed by atoms with E-state index >= 15 is 0 Å². The molecule has 5 heteroatoms. The van der Waals surface area contributed by atoms with Crippen LogP contribution in [0.25, 0.3) is 11.0 Å². The van der Waals surface area contributed by atoms with Crippen LogP contribution < -0.4 is 0 Å². The number of rotatable bonds is 2. The smallest absolute Gasteiger partial charge is 0.330 e. The SMILES string of the molecule is FC(F)(F)c1cccc2ncn(CC3CC3)c12. The van der Waals surface area contributed by atoms with Gasteiger partial charge in [0.1, 0.15) is 0 Å². The van der Waals surface area contributed by atoms with E-state index in [0.717, 1.165) is 18.9 Å². The Hall–Kier alpha value is -1.52. The molecule has 0 amide bonds. The molecule has 17 heavy (non-hydrogen) atoms. The first kappa shape index (κ1) is 10.6. The number of nitrogens with zero attached hydrogens (tertiary/aromatic N) is 2. The van der Waals surface area contributed by atoms with Crippen LogP contribution >= 0.6 is 0 Å². The molecule has 0 atom stereocenters. The van der Waals surface area contributed by atoms with E-state index in [0.29, 0.717) is 18.0 Å². The second-order valence-electron chi connectivity index (χ2n) is 4.51. The van der Waals surface area contributed by atoms with Crippen molar-refractivity contribution in [3.8, 4) is 0 Å². The zero-order chi connectivity index (χ0) is 12.0. The van der Waals surface area contributed by atoms with Crippen LogP contribution in [0.4, 0.5) is 13.2 Å². The number of hydrogen-bond acceptors (Lipinski definition) is 1. The molecule has 0 spiro atoms. The van der Waals surface area contributed by atoms with Crippen molar-refractivity contribution in [1.29, 1.82) is 0 Å². The summed E-state index contributed by atoms with van der Waals surface area (Å²) in [5.41, 5.74) is 0.0422. The maximum Gasteiger partial charge on any atom is 0.418 e. The minimum atomic E-state index is -4.32. The normalized spacial score (nSPS) is 16.6. The molecule has 0 saturated heterocycles. The molecule has 0 aliphatic heterocycles. The van der Waals surface area contributed by atoms with E-state index in [-0.39, 0.29) is 5.52 Å². The monoisotopic (exact) mass is 240 g/mol. The van der Waals surface area contributed by atoms with Crippen molar-refractivity contribution in [3.05, 3.63) is 30.1 Å². The lowest BCUT2D eigenvalue weighted by Gasteiger charge is -2.10. The lowest BCUT2D eigenvalue weighted by Crippen LogP contribution is -2.09. The maximum absolute atomic E-state index is 12.9. The first-order valence-corrected chi connectivity index (χ1v) is 5.57. The number of fused-ring (bicyclic) bond motifs is 1. The van der Waals surface area contributed by atoms with Crippen molar-refractivity contribution in [2.24, 2.45) is 5.92 Å². The van der Waals surface area contributed by atoms with Crippen LogP contribution in [0.5, 0.6) is 0 Å². The average Bonchev–Trinajstić information content (AvgIpc) is 2.97. The van der Waals surface area contributed by atoms with Gasteiger partial charge in [0.25, 0.3) is 0 Å². The third kappa shape index (κ3) is 1.90. The lowest BCUT2D eigenvalue weighted by atomic mass is 10.1. The predicted octanol–water partition coefficient (Wildman–Crippen LogP) is 3.47. The largest absolute Gasteiger partial charge is 0.418 e. The molecule has 1 heterocycles. The van der Waals surface area contributed by atoms with Gasteiger partial charge >= 0.3 is 6.18 Å². The van der Waals surface area contributed by atoms with Crippen LogP contribution in [0, 0.1) is 5.92 Å². The van der Waals surface area contributed by atoms with Crippen LogP contribution in [-0.4, -0.2) is 9.55 Å². The van der Waals surface area contributed by atoms with E-state index in [2.05, 4.69) is 4.98 Å². The first-order valence-electron chi connectivity index (χ1n) is 5.57. The summed E-state index contributed by atoms with van der Waals surface area (Å²) in [6.07, 6.45) is -0.596. The van der Waals surface area contributed by atoms with Crippen LogP contribution in [0.15, 0.2) is 24.5 Å². The van der Waals surface area contributed by atoms with Crippen molar-refractivity contribution < 1.29 is 13.2 Å². The van der Waals surface area contributed by atoms with E-state index in [1.807, 2.05) is 0 Å². The highest BCUT2D eigenvalue weighted by molar-refractivity contribution is 5.79. The molecule has 1 aliphatic carbocycles. The molecule has 0 radical (unpaired) electrons. The Kier molecular flexibility index (Phi) is 2.18. The van der Waals surface area contributed by atoms with Gasteiger partial charge in [-0.25, -0.2) is 4.98 Å². The van der Waals surface area contributed by atoms with E-state index in [9.17, 15) is 13.2 Å². The van der Waals surface area contributed by atoms with E-state index in [1.165, 1.54) is 12.4 Å². The Bertz CT molecular complexity index is 552. The number of para-hydroxylation sites is 1. The summed E-state index contributed by atoms with van der Waals surface area (Å²) in [6.45, 7) is 0.642. The standard InChI is InChI=1S/C12H11F3N2/c13-12(14,15)9-2-1-3-10-11(9)17(7-16-10)6-8-4-5-8/h1-3,7-8H,4-6H2. The number of hydrogen-bond donors (Lipinski definition) is 0. The Balaban J connectivity index is 2.16. The topological polar surface area (TPSA) is 17.8 Å². The molecule has 90 valence electrons. The van der Waals surface area contributed by atoms with Gasteiger partial charge in [-0.3, -0.25) is 0 Å². The quantitative estimate of drug-likeness (QED) is 0.786. The summed E-state index contributed by atoms with van der Waals surface area (Å²) in [4.78, 5) is 4.04. The highest BCUT2D eigenvalue weighted by Gasteiger charge is 2.34. The Morgan fingerprint density at radius 3 is 2.71 bits per heavy atom. The van der Waals surface area contributed by atoms with Gasteiger partial charge in [-0.05, 0) is 30.9 Å².